The molecule has 0 aliphatic rings. The molecule has 176 valence electrons. The Labute approximate surface area is 179 Å². The molecule has 0 unspecified atom stereocenters. The summed E-state index contributed by atoms with van der Waals surface area (Å²) in [5.41, 5.74) is 0. The van der Waals surface area contributed by atoms with Crippen LogP contribution in [-0.2, 0) is 28.4 Å². The molecule has 7 nitrogen and oxygen atoms in total. The molecule has 0 N–H and O–H groups in total. The first-order valence-electron chi connectivity index (χ1n) is 11.5. The Balaban J connectivity index is 3.63. The van der Waals surface area contributed by atoms with Crippen molar-refractivity contribution in [3.63, 3.8) is 0 Å². The summed E-state index contributed by atoms with van der Waals surface area (Å²) >= 11 is 0. The van der Waals surface area contributed by atoms with Crippen LogP contribution >= 0.6 is 0 Å². The average molecular weight is 422 g/mol. The van der Waals surface area contributed by atoms with E-state index in [1.54, 1.807) is 0 Å². The lowest BCUT2D eigenvalue weighted by atomic mass is 10.4. The van der Waals surface area contributed by atoms with Crippen molar-refractivity contribution in [3.8, 4) is 0 Å². The van der Waals surface area contributed by atoms with Gasteiger partial charge in [0.1, 0.15) is 0 Å². The quantitative estimate of drug-likeness (QED) is 0.210. The molecule has 7 heteroatoms. The normalized spacial score (nSPS) is 11.6. The molecule has 0 aliphatic carbocycles. The minimum absolute atomic E-state index is 0.589. The third-order valence-electron chi connectivity index (χ3n) is 4.26. The first-order valence-corrected chi connectivity index (χ1v) is 11.5. The first kappa shape index (κ1) is 28.7. The molecule has 0 fully saturated rings. The van der Waals surface area contributed by atoms with E-state index in [9.17, 15) is 0 Å². The van der Waals surface area contributed by atoms with Crippen LogP contribution in [0, 0.1) is 0 Å². The molecule has 0 amide bonds. The van der Waals surface area contributed by atoms with Crippen LogP contribution in [0.25, 0.3) is 0 Å². The molecular formula is C22H47NO6. The minimum Gasteiger partial charge on any atom is -0.380 e. The Hall–Kier alpha value is -0.280. The van der Waals surface area contributed by atoms with Crippen LogP contribution in [0.15, 0.2) is 0 Å². The van der Waals surface area contributed by atoms with E-state index < -0.39 is 0 Å². The average Bonchev–Trinajstić information content (AvgIpc) is 2.73. The van der Waals surface area contributed by atoms with Gasteiger partial charge < -0.3 is 28.4 Å². The van der Waals surface area contributed by atoms with Gasteiger partial charge in [-0.05, 0) is 19.8 Å². The van der Waals surface area contributed by atoms with Crippen molar-refractivity contribution in [3.05, 3.63) is 0 Å². The Morgan fingerprint density at radius 1 is 0.414 bits per heavy atom. The van der Waals surface area contributed by atoms with Gasteiger partial charge in [-0.15, -0.1) is 0 Å². The second kappa shape index (κ2) is 25.8. The number of nitrogens with zero attached hydrogens (tertiary/aromatic N) is 1. The van der Waals surface area contributed by atoms with Gasteiger partial charge in [0, 0.05) is 39.5 Å². The number of hydrogen-bond acceptors (Lipinski definition) is 7. The van der Waals surface area contributed by atoms with Gasteiger partial charge in [-0.1, -0.05) is 26.7 Å². The van der Waals surface area contributed by atoms with Gasteiger partial charge >= 0.3 is 0 Å². The summed E-state index contributed by atoms with van der Waals surface area (Å²) in [5, 5.41) is 0. The lowest BCUT2D eigenvalue weighted by Gasteiger charge is -2.22. The number of ether oxygens (including phenoxy) is 6. The maximum atomic E-state index is 5.70. The van der Waals surface area contributed by atoms with Crippen molar-refractivity contribution in [2.45, 2.75) is 46.5 Å². The fourth-order valence-electron chi connectivity index (χ4n) is 2.42. The predicted octanol–water partition coefficient (Wildman–Crippen LogP) is 3.01. The highest BCUT2D eigenvalue weighted by Gasteiger charge is 2.05. The van der Waals surface area contributed by atoms with Crippen molar-refractivity contribution < 1.29 is 28.4 Å². The van der Waals surface area contributed by atoms with Gasteiger partial charge in [-0.2, -0.15) is 0 Å². The van der Waals surface area contributed by atoms with Gasteiger partial charge in [0.05, 0.1) is 59.5 Å². The third-order valence-corrected chi connectivity index (χ3v) is 4.26. The molecular weight excluding hydrogens is 374 g/mol. The monoisotopic (exact) mass is 421 g/mol. The van der Waals surface area contributed by atoms with E-state index in [2.05, 4.69) is 18.7 Å². The maximum Gasteiger partial charge on any atom is 0.0701 e. The highest BCUT2D eigenvalue weighted by atomic mass is 16.6. The summed E-state index contributed by atoms with van der Waals surface area (Å²) in [6, 6.07) is 0. The number of rotatable bonds is 25. The van der Waals surface area contributed by atoms with Crippen LogP contribution in [0.3, 0.4) is 0 Å². The SMILES string of the molecule is CCCCOCCN(CCOCCCC)CCOCCOCCOCCOCC. The van der Waals surface area contributed by atoms with E-state index in [0.29, 0.717) is 46.2 Å². The molecule has 0 bridgehead atoms. The maximum absolute atomic E-state index is 5.70. The van der Waals surface area contributed by atoms with Crippen molar-refractivity contribution in [2.24, 2.45) is 0 Å². The molecule has 0 aromatic carbocycles. The van der Waals surface area contributed by atoms with E-state index in [1.165, 1.54) is 12.8 Å². The van der Waals surface area contributed by atoms with Crippen molar-refractivity contribution >= 4 is 0 Å². The summed E-state index contributed by atoms with van der Waals surface area (Å²) in [6.07, 6.45) is 4.59. The van der Waals surface area contributed by atoms with Gasteiger partial charge in [0.25, 0.3) is 0 Å². The summed E-state index contributed by atoms with van der Waals surface area (Å²) in [4.78, 5) is 2.35. The highest BCUT2D eigenvalue weighted by Crippen LogP contribution is 1.95. The van der Waals surface area contributed by atoms with Crippen molar-refractivity contribution in [1.29, 1.82) is 0 Å². The topological polar surface area (TPSA) is 58.6 Å². The Bertz CT molecular complexity index is 282. The molecule has 0 heterocycles. The van der Waals surface area contributed by atoms with E-state index in [1.807, 2.05) is 6.92 Å². The predicted molar refractivity (Wildman–Crippen MR) is 117 cm³/mol. The van der Waals surface area contributed by atoms with Gasteiger partial charge in [-0.25, -0.2) is 0 Å². The minimum atomic E-state index is 0.589. The Kier molecular flexibility index (Phi) is 25.5. The van der Waals surface area contributed by atoms with E-state index in [-0.39, 0.29) is 0 Å². The van der Waals surface area contributed by atoms with Crippen LogP contribution in [0.1, 0.15) is 46.5 Å². The smallest absolute Gasteiger partial charge is 0.0701 e. The van der Waals surface area contributed by atoms with Crippen molar-refractivity contribution in [2.75, 3.05) is 98.9 Å². The lowest BCUT2D eigenvalue weighted by Crippen LogP contribution is -2.34. The zero-order valence-corrected chi connectivity index (χ0v) is 19.3. The first-order chi connectivity index (χ1) is 14.3. The van der Waals surface area contributed by atoms with Crippen LogP contribution in [0.2, 0.25) is 0 Å². The second-order valence-corrected chi connectivity index (χ2v) is 6.81. The summed E-state index contributed by atoms with van der Waals surface area (Å²) < 4.78 is 33.2. The third kappa shape index (κ3) is 23.9. The number of unbranched alkanes of at least 4 members (excludes halogenated alkanes) is 2. The molecule has 0 aromatic rings. The Morgan fingerprint density at radius 3 is 1.14 bits per heavy atom. The van der Waals surface area contributed by atoms with E-state index >= 15 is 0 Å². The fraction of sp³-hybridized carbons (Fsp3) is 1.00. The Morgan fingerprint density at radius 2 is 0.759 bits per heavy atom. The molecule has 0 rings (SSSR count). The highest BCUT2D eigenvalue weighted by molar-refractivity contribution is 4.57. The lowest BCUT2D eigenvalue weighted by molar-refractivity contribution is -0.00466. The molecule has 0 atom stereocenters. The zero-order chi connectivity index (χ0) is 21.3. The van der Waals surface area contributed by atoms with Crippen LogP contribution in [-0.4, -0.2) is 104 Å². The molecule has 0 aromatic heterocycles. The summed E-state index contributed by atoms with van der Waals surface area (Å²) in [5.74, 6) is 0. The fourth-order valence-corrected chi connectivity index (χ4v) is 2.42. The standard InChI is InChI=1S/C22H47NO6/c1-4-7-12-25-14-9-23(10-15-26-13-8-5-2)11-16-27-19-20-29-22-21-28-18-17-24-6-3/h4-22H2,1-3H3. The largest absolute Gasteiger partial charge is 0.380 e. The molecule has 0 aliphatic heterocycles. The molecule has 0 radical (unpaired) electrons. The summed E-state index contributed by atoms with van der Waals surface area (Å²) in [7, 11) is 0. The molecule has 0 spiro atoms. The van der Waals surface area contributed by atoms with E-state index in [4.69, 9.17) is 28.4 Å². The van der Waals surface area contributed by atoms with E-state index in [0.717, 1.165) is 65.5 Å². The molecule has 0 saturated heterocycles. The summed E-state index contributed by atoms with van der Waals surface area (Å²) in [6.45, 7) is 17.3. The zero-order valence-electron chi connectivity index (χ0n) is 19.3. The van der Waals surface area contributed by atoms with Gasteiger partial charge in [0.15, 0.2) is 0 Å². The van der Waals surface area contributed by atoms with Gasteiger partial charge in [-0.3, -0.25) is 4.90 Å². The molecule has 29 heavy (non-hydrogen) atoms. The molecule has 0 saturated carbocycles. The van der Waals surface area contributed by atoms with Crippen LogP contribution < -0.4 is 0 Å². The van der Waals surface area contributed by atoms with Gasteiger partial charge in [0.2, 0.25) is 0 Å². The van der Waals surface area contributed by atoms with Crippen LogP contribution in [0.5, 0.6) is 0 Å². The number of hydrogen-bond donors (Lipinski definition) is 0. The second-order valence-electron chi connectivity index (χ2n) is 6.81. The van der Waals surface area contributed by atoms with Crippen LogP contribution in [0.4, 0.5) is 0 Å². The van der Waals surface area contributed by atoms with Crippen molar-refractivity contribution in [1.82, 2.24) is 4.90 Å².